The van der Waals surface area contributed by atoms with Crippen molar-refractivity contribution in [3.05, 3.63) is 60.1 Å². The molecule has 202 valence electrons. The summed E-state index contributed by atoms with van der Waals surface area (Å²) in [6.45, 7) is 5.53. The standard InChI is InChI=1S/C25H31N7O5S/c1-7-37-23(24-26-13-16(2)14-27-24)17(3)38(33,34)15-21-28-29-25(18-11-12-31(4)30-18)32(21)22-19(35-5)9-8-10-20(22)36-6/h8-14,17,23H,7,15H2,1-6H3/t17-,23-/m1/s1. The van der Waals surface area contributed by atoms with Gasteiger partial charge in [-0.3, -0.25) is 9.25 Å². The Balaban J connectivity index is 1.82. The van der Waals surface area contributed by atoms with Crippen LogP contribution in [0.15, 0.2) is 42.9 Å². The quantitative estimate of drug-likeness (QED) is 0.279. The lowest BCUT2D eigenvalue weighted by Crippen LogP contribution is -2.30. The monoisotopic (exact) mass is 541 g/mol. The molecular weight excluding hydrogens is 510 g/mol. The Morgan fingerprint density at radius 1 is 1.03 bits per heavy atom. The molecule has 0 aliphatic rings. The van der Waals surface area contributed by atoms with Crippen LogP contribution in [0.25, 0.3) is 17.2 Å². The van der Waals surface area contributed by atoms with Gasteiger partial charge in [-0.05, 0) is 44.5 Å². The second-order valence-corrected chi connectivity index (χ2v) is 11.0. The molecule has 0 spiro atoms. The predicted molar refractivity (Wildman–Crippen MR) is 140 cm³/mol. The highest BCUT2D eigenvalue weighted by atomic mass is 32.2. The van der Waals surface area contributed by atoms with Gasteiger partial charge in [0.25, 0.3) is 0 Å². The van der Waals surface area contributed by atoms with Crippen LogP contribution in [0.1, 0.15) is 37.2 Å². The summed E-state index contributed by atoms with van der Waals surface area (Å²) in [5.74, 6) is 1.27. The van der Waals surface area contributed by atoms with E-state index in [4.69, 9.17) is 14.2 Å². The summed E-state index contributed by atoms with van der Waals surface area (Å²) in [6, 6.07) is 7.05. The fraction of sp³-hybridized carbons (Fsp3) is 0.400. The van der Waals surface area contributed by atoms with E-state index in [1.54, 1.807) is 73.0 Å². The number of rotatable bonds is 11. The fourth-order valence-electron chi connectivity index (χ4n) is 4.05. The number of hydrogen-bond acceptors (Lipinski definition) is 10. The number of ether oxygens (including phenoxy) is 3. The van der Waals surface area contributed by atoms with Crippen molar-refractivity contribution in [2.45, 2.75) is 37.9 Å². The number of hydrogen-bond donors (Lipinski definition) is 0. The lowest BCUT2D eigenvalue weighted by molar-refractivity contribution is 0.0556. The predicted octanol–water partition coefficient (Wildman–Crippen LogP) is 2.86. The Bertz CT molecular complexity index is 1480. The zero-order chi connectivity index (χ0) is 27.4. The van der Waals surface area contributed by atoms with E-state index in [0.717, 1.165) is 5.56 Å². The van der Waals surface area contributed by atoms with Crippen molar-refractivity contribution in [2.24, 2.45) is 7.05 Å². The molecule has 0 radical (unpaired) electrons. The summed E-state index contributed by atoms with van der Waals surface area (Å²) in [5.41, 5.74) is 1.83. The van der Waals surface area contributed by atoms with Crippen LogP contribution in [-0.4, -0.2) is 69.0 Å². The second-order valence-electron chi connectivity index (χ2n) is 8.67. The van der Waals surface area contributed by atoms with E-state index < -0.39 is 26.9 Å². The molecule has 0 fully saturated rings. The summed E-state index contributed by atoms with van der Waals surface area (Å²) in [5, 5.41) is 12.1. The Hall–Kier alpha value is -3.84. The average molecular weight is 542 g/mol. The number of sulfone groups is 1. The third-order valence-electron chi connectivity index (χ3n) is 6.02. The minimum Gasteiger partial charge on any atom is -0.494 e. The van der Waals surface area contributed by atoms with E-state index in [0.29, 0.717) is 41.1 Å². The van der Waals surface area contributed by atoms with E-state index >= 15 is 0 Å². The molecule has 0 aliphatic carbocycles. The number of para-hydroxylation sites is 1. The first-order valence-corrected chi connectivity index (χ1v) is 13.7. The maximum absolute atomic E-state index is 13.8. The van der Waals surface area contributed by atoms with Gasteiger partial charge < -0.3 is 14.2 Å². The van der Waals surface area contributed by atoms with Crippen molar-refractivity contribution >= 4 is 9.84 Å². The first kappa shape index (κ1) is 27.2. The third kappa shape index (κ3) is 5.38. The SMILES string of the molecule is CCO[C@@H](c1ncc(C)cn1)[C@@H](C)S(=O)(=O)Cc1nnc(-c2ccn(C)n2)n1-c1c(OC)cccc1OC. The molecule has 4 aromatic rings. The molecule has 4 rings (SSSR count). The lowest BCUT2D eigenvalue weighted by Gasteiger charge is -2.23. The van der Waals surface area contributed by atoms with Crippen LogP contribution in [0, 0.1) is 6.92 Å². The molecule has 0 unspecified atom stereocenters. The van der Waals surface area contributed by atoms with Gasteiger partial charge in [0.2, 0.25) is 0 Å². The lowest BCUT2D eigenvalue weighted by atomic mass is 10.2. The average Bonchev–Trinajstić information content (AvgIpc) is 3.52. The van der Waals surface area contributed by atoms with Crippen LogP contribution in [0.4, 0.5) is 0 Å². The molecule has 38 heavy (non-hydrogen) atoms. The van der Waals surface area contributed by atoms with E-state index in [-0.39, 0.29) is 5.82 Å². The molecule has 12 nitrogen and oxygen atoms in total. The fourth-order valence-corrected chi connectivity index (χ4v) is 5.43. The molecule has 2 atom stereocenters. The van der Waals surface area contributed by atoms with Crippen LogP contribution in [0.2, 0.25) is 0 Å². The molecule has 3 heterocycles. The molecule has 0 bridgehead atoms. The number of aryl methyl sites for hydroxylation is 2. The second kappa shape index (κ2) is 11.3. The van der Waals surface area contributed by atoms with Gasteiger partial charge in [0.1, 0.15) is 34.7 Å². The van der Waals surface area contributed by atoms with Crippen molar-refractivity contribution in [1.82, 2.24) is 34.5 Å². The molecule has 3 aromatic heterocycles. The van der Waals surface area contributed by atoms with E-state index in [2.05, 4.69) is 25.3 Å². The summed E-state index contributed by atoms with van der Waals surface area (Å²) in [4.78, 5) is 8.64. The molecule has 0 saturated heterocycles. The first-order valence-electron chi connectivity index (χ1n) is 12.0. The van der Waals surface area contributed by atoms with Gasteiger partial charge in [-0.2, -0.15) is 5.10 Å². The maximum atomic E-state index is 13.8. The van der Waals surface area contributed by atoms with Gasteiger partial charge in [-0.15, -0.1) is 10.2 Å². The van der Waals surface area contributed by atoms with E-state index in [9.17, 15) is 8.42 Å². The van der Waals surface area contributed by atoms with Crippen molar-refractivity contribution in [2.75, 3.05) is 20.8 Å². The molecule has 0 amide bonds. The highest BCUT2D eigenvalue weighted by Crippen LogP contribution is 2.37. The number of nitrogens with zero attached hydrogens (tertiary/aromatic N) is 7. The van der Waals surface area contributed by atoms with Gasteiger partial charge in [0, 0.05) is 32.2 Å². The van der Waals surface area contributed by atoms with Crippen molar-refractivity contribution < 1.29 is 22.6 Å². The molecule has 13 heteroatoms. The highest BCUT2D eigenvalue weighted by Gasteiger charge is 2.35. The van der Waals surface area contributed by atoms with Gasteiger partial charge in [-0.1, -0.05) is 6.07 Å². The Labute approximate surface area is 221 Å². The number of aromatic nitrogens is 7. The minimum absolute atomic E-state index is 0.167. The minimum atomic E-state index is -3.86. The van der Waals surface area contributed by atoms with Crippen LogP contribution >= 0.6 is 0 Å². The molecule has 0 aliphatic heterocycles. The van der Waals surface area contributed by atoms with Crippen molar-refractivity contribution in [3.8, 4) is 28.7 Å². The smallest absolute Gasteiger partial charge is 0.189 e. The normalized spacial score (nSPS) is 13.3. The third-order valence-corrected chi connectivity index (χ3v) is 8.06. The van der Waals surface area contributed by atoms with E-state index in [1.165, 1.54) is 14.2 Å². The van der Waals surface area contributed by atoms with Crippen LogP contribution in [0.3, 0.4) is 0 Å². The maximum Gasteiger partial charge on any atom is 0.189 e. The van der Waals surface area contributed by atoms with Gasteiger partial charge in [0.05, 0.1) is 19.5 Å². The van der Waals surface area contributed by atoms with Crippen molar-refractivity contribution in [3.63, 3.8) is 0 Å². The summed E-state index contributed by atoms with van der Waals surface area (Å²) < 4.78 is 47.9. The highest BCUT2D eigenvalue weighted by molar-refractivity contribution is 7.91. The Kier molecular flexibility index (Phi) is 8.07. The van der Waals surface area contributed by atoms with E-state index in [1.807, 2.05) is 6.92 Å². The van der Waals surface area contributed by atoms with Crippen LogP contribution in [0.5, 0.6) is 11.5 Å². The van der Waals surface area contributed by atoms with Crippen molar-refractivity contribution in [1.29, 1.82) is 0 Å². The Morgan fingerprint density at radius 3 is 2.24 bits per heavy atom. The molecule has 1 aromatic carbocycles. The van der Waals surface area contributed by atoms with Gasteiger partial charge in [0.15, 0.2) is 27.3 Å². The van der Waals surface area contributed by atoms with Gasteiger partial charge >= 0.3 is 0 Å². The van der Waals surface area contributed by atoms with Crippen LogP contribution < -0.4 is 9.47 Å². The molecular formula is C25H31N7O5S. The summed E-state index contributed by atoms with van der Waals surface area (Å²) in [6.07, 6.45) is 4.17. The molecule has 0 N–H and O–H groups in total. The van der Waals surface area contributed by atoms with Crippen LogP contribution in [-0.2, 0) is 27.4 Å². The largest absolute Gasteiger partial charge is 0.494 e. The summed E-state index contributed by atoms with van der Waals surface area (Å²) in [7, 11) is 0.965. The number of methoxy groups -OCH3 is 2. The first-order chi connectivity index (χ1) is 18.2. The van der Waals surface area contributed by atoms with Gasteiger partial charge in [-0.25, -0.2) is 18.4 Å². The zero-order valence-corrected chi connectivity index (χ0v) is 23.0. The number of benzene rings is 1. The summed E-state index contributed by atoms with van der Waals surface area (Å²) >= 11 is 0. The Morgan fingerprint density at radius 2 is 1.68 bits per heavy atom. The topological polar surface area (TPSA) is 136 Å². The molecule has 0 saturated carbocycles. The zero-order valence-electron chi connectivity index (χ0n) is 22.2.